The Bertz CT molecular complexity index is 809. The van der Waals surface area contributed by atoms with Crippen molar-refractivity contribution in [3.8, 4) is 11.5 Å². The van der Waals surface area contributed by atoms with Gasteiger partial charge in [0, 0.05) is 4.90 Å². The van der Waals surface area contributed by atoms with Gasteiger partial charge in [-0.05, 0) is 24.3 Å². The van der Waals surface area contributed by atoms with Crippen molar-refractivity contribution in [3.05, 3.63) is 42.5 Å². The van der Waals surface area contributed by atoms with E-state index in [2.05, 4.69) is 10.3 Å². The molecule has 1 aromatic heterocycles. The van der Waals surface area contributed by atoms with Gasteiger partial charge in [-0.3, -0.25) is 4.79 Å². The van der Waals surface area contributed by atoms with Crippen LogP contribution in [0.4, 0.5) is 5.13 Å². The SMILES string of the molecule is COc1ccc(OC)c2sc(NC(=O)CSc3ccccc3)nc12. The standard InChI is InChI=1S/C17H16N2O3S2/c1-21-12-8-9-13(22-2)16-15(12)19-17(24-16)18-14(20)10-23-11-6-4-3-5-7-11/h3-9H,10H2,1-2H3,(H,18,19,20). The molecule has 0 aliphatic heterocycles. The third-order valence-electron chi connectivity index (χ3n) is 3.27. The molecule has 5 nitrogen and oxygen atoms in total. The summed E-state index contributed by atoms with van der Waals surface area (Å²) in [5, 5.41) is 3.37. The van der Waals surface area contributed by atoms with Crippen LogP contribution < -0.4 is 14.8 Å². The third-order valence-corrected chi connectivity index (χ3v) is 5.27. The van der Waals surface area contributed by atoms with E-state index in [9.17, 15) is 4.79 Å². The number of hydrogen-bond donors (Lipinski definition) is 1. The van der Waals surface area contributed by atoms with E-state index in [1.807, 2.05) is 36.4 Å². The van der Waals surface area contributed by atoms with Gasteiger partial charge in [-0.15, -0.1) is 11.8 Å². The quantitative estimate of drug-likeness (QED) is 0.672. The fourth-order valence-electron chi connectivity index (χ4n) is 2.16. The lowest BCUT2D eigenvalue weighted by Gasteiger charge is -2.03. The van der Waals surface area contributed by atoms with Crippen molar-refractivity contribution in [3.63, 3.8) is 0 Å². The van der Waals surface area contributed by atoms with Crippen LogP contribution in [0, 0.1) is 0 Å². The average Bonchev–Trinajstić information content (AvgIpc) is 3.03. The summed E-state index contributed by atoms with van der Waals surface area (Å²) in [7, 11) is 3.20. The Morgan fingerprint density at radius 2 is 1.83 bits per heavy atom. The highest BCUT2D eigenvalue weighted by atomic mass is 32.2. The minimum atomic E-state index is -0.0964. The van der Waals surface area contributed by atoms with Crippen LogP contribution in [0.3, 0.4) is 0 Å². The second-order valence-electron chi connectivity index (χ2n) is 4.82. The van der Waals surface area contributed by atoms with Crippen LogP contribution >= 0.6 is 23.1 Å². The normalized spacial score (nSPS) is 10.6. The highest BCUT2D eigenvalue weighted by Crippen LogP contribution is 2.38. The largest absolute Gasteiger partial charge is 0.495 e. The fraction of sp³-hybridized carbons (Fsp3) is 0.176. The Morgan fingerprint density at radius 3 is 2.54 bits per heavy atom. The van der Waals surface area contributed by atoms with Gasteiger partial charge in [0.15, 0.2) is 5.13 Å². The molecule has 1 N–H and O–H groups in total. The number of hydrogen-bond acceptors (Lipinski definition) is 6. The Morgan fingerprint density at radius 1 is 1.12 bits per heavy atom. The summed E-state index contributed by atoms with van der Waals surface area (Å²) in [5.74, 6) is 1.60. The van der Waals surface area contributed by atoms with Crippen LogP contribution in [0.1, 0.15) is 0 Å². The first-order valence-corrected chi connectivity index (χ1v) is 9.00. The zero-order valence-electron chi connectivity index (χ0n) is 13.2. The number of carbonyl (C=O) groups is 1. The number of thioether (sulfide) groups is 1. The zero-order valence-corrected chi connectivity index (χ0v) is 14.9. The van der Waals surface area contributed by atoms with Crippen molar-refractivity contribution in [2.45, 2.75) is 4.90 Å². The summed E-state index contributed by atoms with van der Waals surface area (Å²) in [4.78, 5) is 17.7. The molecule has 0 bridgehead atoms. The monoisotopic (exact) mass is 360 g/mol. The molecule has 7 heteroatoms. The molecule has 0 aliphatic carbocycles. The van der Waals surface area contributed by atoms with Gasteiger partial charge in [-0.2, -0.15) is 0 Å². The highest BCUT2D eigenvalue weighted by Gasteiger charge is 2.15. The van der Waals surface area contributed by atoms with Crippen LogP contribution in [0.25, 0.3) is 10.2 Å². The lowest BCUT2D eigenvalue weighted by atomic mass is 10.3. The molecule has 3 rings (SSSR count). The Labute approximate surface area is 148 Å². The number of fused-ring (bicyclic) bond motifs is 1. The second kappa shape index (κ2) is 7.55. The maximum Gasteiger partial charge on any atom is 0.236 e. The molecule has 24 heavy (non-hydrogen) atoms. The predicted molar refractivity (Wildman–Crippen MR) is 98.5 cm³/mol. The maximum absolute atomic E-state index is 12.1. The number of aromatic nitrogens is 1. The number of amides is 1. The molecule has 0 saturated heterocycles. The number of thiazole rings is 1. The first-order chi connectivity index (χ1) is 11.7. The number of nitrogens with zero attached hydrogens (tertiary/aromatic N) is 1. The molecule has 0 spiro atoms. The molecule has 124 valence electrons. The van der Waals surface area contributed by atoms with Crippen molar-refractivity contribution in [2.24, 2.45) is 0 Å². The summed E-state index contributed by atoms with van der Waals surface area (Å²) in [6.45, 7) is 0. The minimum Gasteiger partial charge on any atom is -0.495 e. The minimum absolute atomic E-state index is 0.0964. The van der Waals surface area contributed by atoms with E-state index in [4.69, 9.17) is 9.47 Å². The molecule has 0 fully saturated rings. The molecule has 0 aliphatic rings. The number of rotatable bonds is 6. The van der Waals surface area contributed by atoms with E-state index in [0.717, 1.165) is 9.60 Å². The molecule has 3 aromatic rings. The van der Waals surface area contributed by atoms with Crippen molar-refractivity contribution in [1.29, 1.82) is 0 Å². The molecule has 0 radical (unpaired) electrons. The first kappa shape index (κ1) is 16.6. The van der Waals surface area contributed by atoms with Crippen molar-refractivity contribution in [2.75, 3.05) is 25.3 Å². The van der Waals surface area contributed by atoms with Crippen LogP contribution in [0.15, 0.2) is 47.4 Å². The van der Waals surface area contributed by atoms with Gasteiger partial charge in [0.25, 0.3) is 0 Å². The fourth-order valence-corrected chi connectivity index (χ4v) is 3.87. The van der Waals surface area contributed by atoms with Crippen LogP contribution in [-0.2, 0) is 4.79 Å². The number of nitrogens with one attached hydrogen (secondary N) is 1. The number of ether oxygens (including phenoxy) is 2. The zero-order chi connectivity index (χ0) is 16.9. The van der Waals surface area contributed by atoms with Crippen LogP contribution in [0.5, 0.6) is 11.5 Å². The second-order valence-corrected chi connectivity index (χ2v) is 6.86. The number of benzene rings is 2. The summed E-state index contributed by atoms with van der Waals surface area (Å²) in [6.07, 6.45) is 0. The summed E-state index contributed by atoms with van der Waals surface area (Å²) in [5.41, 5.74) is 0.688. The molecular formula is C17H16N2O3S2. The van der Waals surface area contributed by atoms with Crippen molar-refractivity contribution < 1.29 is 14.3 Å². The maximum atomic E-state index is 12.1. The molecule has 0 unspecified atom stereocenters. The topological polar surface area (TPSA) is 60.5 Å². The van der Waals surface area contributed by atoms with Gasteiger partial charge in [-0.25, -0.2) is 4.98 Å². The number of methoxy groups -OCH3 is 2. The Hall–Kier alpha value is -2.25. The van der Waals surface area contributed by atoms with Crippen molar-refractivity contribution in [1.82, 2.24) is 4.98 Å². The summed E-state index contributed by atoms with van der Waals surface area (Å²) in [6, 6.07) is 13.4. The molecular weight excluding hydrogens is 344 g/mol. The number of carbonyl (C=O) groups excluding carboxylic acids is 1. The van der Waals surface area contributed by atoms with E-state index in [1.54, 1.807) is 20.3 Å². The van der Waals surface area contributed by atoms with E-state index in [-0.39, 0.29) is 5.91 Å². The van der Waals surface area contributed by atoms with Gasteiger partial charge in [0.2, 0.25) is 5.91 Å². The van der Waals surface area contributed by atoms with Gasteiger partial charge >= 0.3 is 0 Å². The highest BCUT2D eigenvalue weighted by molar-refractivity contribution is 8.00. The van der Waals surface area contributed by atoms with Crippen LogP contribution in [0.2, 0.25) is 0 Å². The van der Waals surface area contributed by atoms with Gasteiger partial charge < -0.3 is 14.8 Å². The first-order valence-electron chi connectivity index (χ1n) is 7.20. The molecule has 2 aromatic carbocycles. The smallest absolute Gasteiger partial charge is 0.236 e. The lowest BCUT2D eigenvalue weighted by Crippen LogP contribution is -2.13. The third kappa shape index (κ3) is 3.63. The molecule has 1 amide bonds. The van der Waals surface area contributed by atoms with E-state index < -0.39 is 0 Å². The van der Waals surface area contributed by atoms with Gasteiger partial charge in [0.1, 0.15) is 21.7 Å². The Kier molecular flexibility index (Phi) is 5.22. The summed E-state index contributed by atoms with van der Waals surface area (Å²) >= 11 is 2.86. The molecule has 0 saturated carbocycles. The Balaban J connectivity index is 1.74. The van der Waals surface area contributed by atoms with Gasteiger partial charge in [-0.1, -0.05) is 29.5 Å². The summed E-state index contributed by atoms with van der Waals surface area (Å²) < 4.78 is 11.5. The van der Waals surface area contributed by atoms with E-state index >= 15 is 0 Å². The van der Waals surface area contributed by atoms with E-state index in [0.29, 0.717) is 27.9 Å². The molecule has 1 heterocycles. The average molecular weight is 360 g/mol. The van der Waals surface area contributed by atoms with E-state index in [1.165, 1.54) is 23.1 Å². The van der Waals surface area contributed by atoms with Crippen LogP contribution in [-0.4, -0.2) is 30.9 Å². The van der Waals surface area contributed by atoms with Crippen molar-refractivity contribution >= 4 is 44.4 Å². The van der Waals surface area contributed by atoms with Gasteiger partial charge in [0.05, 0.1) is 20.0 Å². The molecule has 0 atom stereocenters. The lowest BCUT2D eigenvalue weighted by molar-refractivity contribution is -0.113. The number of anilines is 1. The predicted octanol–water partition coefficient (Wildman–Crippen LogP) is 4.04.